The third-order valence-electron chi connectivity index (χ3n) is 1.39. The maximum atomic E-state index is 10.9. The molecule has 0 unspecified atom stereocenters. The Hall–Kier alpha value is -0.480. The topological polar surface area (TPSA) is 120 Å². The van der Waals surface area contributed by atoms with Crippen LogP contribution in [0.25, 0.3) is 0 Å². The number of rotatable bonds is 2. The van der Waals surface area contributed by atoms with E-state index in [9.17, 15) is 16.8 Å². The molecule has 0 atom stereocenters. The summed E-state index contributed by atoms with van der Waals surface area (Å²) in [6.45, 7) is 1.45. The molecule has 1 rings (SSSR count). The Labute approximate surface area is 85.6 Å². The van der Waals surface area contributed by atoms with Crippen molar-refractivity contribution in [2.75, 3.05) is 0 Å². The fourth-order valence-corrected chi connectivity index (χ4v) is 3.95. The molecule has 0 saturated heterocycles. The summed E-state index contributed by atoms with van der Waals surface area (Å²) in [4.78, 5) is 0. The fourth-order valence-electron chi connectivity index (χ4n) is 0.860. The van der Waals surface area contributed by atoms with Gasteiger partial charge in [-0.3, -0.25) is 0 Å². The monoisotopic (exact) mass is 256 g/mol. The zero-order valence-corrected chi connectivity index (χ0v) is 9.54. The molecule has 0 aliphatic rings. The van der Waals surface area contributed by atoms with Crippen molar-refractivity contribution in [3.05, 3.63) is 11.6 Å². The number of thiophene rings is 1. The van der Waals surface area contributed by atoms with Crippen LogP contribution in [0.2, 0.25) is 0 Å². The summed E-state index contributed by atoms with van der Waals surface area (Å²) in [7, 11) is -7.74. The summed E-state index contributed by atoms with van der Waals surface area (Å²) >= 11 is 0.547. The number of aryl methyl sites for hydroxylation is 1. The lowest BCUT2D eigenvalue weighted by Gasteiger charge is -1.92. The molecule has 1 heterocycles. The Morgan fingerprint density at radius 2 is 1.64 bits per heavy atom. The van der Waals surface area contributed by atoms with Gasteiger partial charge in [0, 0.05) is 0 Å². The molecule has 1 aromatic heterocycles. The molecule has 6 nitrogen and oxygen atoms in total. The highest BCUT2D eigenvalue weighted by Crippen LogP contribution is 2.27. The van der Waals surface area contributed by atoms with Crippen LogP contribution < -0.4 is 10.3 Å². The summed E-state index contributed by atoms with van der Waals surface area (Å²) < 4.78 is 43.3. The van der Waals surface area contributed by atoms with Gasteiger partial charge in [-0.05, 0) is 18.6 Å². The van der Waals surface area contributed by atoms with Crippen LogP contribution in [-0.2, 0) is 20.0 Å². The zero-order chi connectivity index (χ0) is 11.1. The smallest absolute Gasteiger partial charge is 0.224 e. The summed E-state index contributed by atoms with van der Waals surface area (Å²) in [6, 6.07) is 1.18. The van der Waals surface area contributed by atoms with E-state index in [0.29, 0.717) is 11.3 Å². The largest absolute Gasteiger partial charge is 0.247 e. The van der Waals surface area contributed by atoms with Crippen molar-refractivity contribution in [3.8, 4) is 0 Å². The normalized spacial score (nSPS) is 13.1. The van der Waals surface area contributed by atoms with Gasteiger partial charge in [0.25, 0.3) is 0 Å². The third kappa shape index (κ3) is 2.30. The van der Waals surface area contributed by atoms with Crippen LogP contribution in [-0.4, -0.2) is 16.8 Å². The molecule has 0 fully saturated rings. The number of hydrogen-bond donors (Lipinski definition) is 2. The minimum Gasteiger partial charge on any atom is -0.224 e. The molecule has 0 aromatic carbocycles. The highest BCUT2D eigenvalue weighted by atomic mass is 32.3. The van der Waals surface area contributed by atoms with Gasteiger partial charge in [-0.15, -0.1) is 11.3 Å². The maximum absolute atomic E-state index is 10.9. The number of primary sulfonamides is 2. The number of nitrogens with two attached hydrogens (primary N) is 2. The lowest BCUT2D eigenvalue weighted by Crippen LogP contribution is -2.11. The molecule has 14 heavy (non-hydrogen) atoms. The Kier molecular flexibility index (Phi) is 2.71. The van der Waals surface area contributed by atoms with Gasteiger partial charge in [-0.1, -0.05) is 0 Å². The highest BCUT2D eigenvalue weighted by molar-refractivity contribution is 7.93. The second-order valence-electron chi connectivity index (χ2n) is 2.63. The number of hydrogen-bond acceptors (Lipinski definition) is 5. The molecule has 9 heteroatoms. The molecule has 4 N–H and O–H groups in total. The van der Waals surface area contributed by atoms with Crippen LogP contribution in [0.15, 0.2) is 14.5 Å². The molecule has 80 valence electrons. The molecule has 0 bridgehead atoms. The van der Waals surface area contributed by atoms with E-state index in [1.54, 1.807) is 0 Å². The predicted octanol–water partition coefficient (Wildman–Crippen LogP) is -0.649. The van der Waals surface area contributed by atoms with Crippen LogP contribution in [0.3, 0.4) is 0 Å². The van der Waals surface area contributed by atoms with Gasteiger partial charge in [0.1, 0.15) is 8.42 Å². The third-order valence-corrected chi connectivity index (χ3v) is 5.63. The van der Waals surface area contributed by atoms with Crippen LogP contribution in [0.5, 0.6) is 0 Å². The Morgan fingerprint density at radius 3 is 1.86 bits per heavy atom. The van der Waals surface area contributed by atoms with E-state index in [1.165, 1.54) is 13.0 Å². The Morgan fingerprint density at radius 1 is 1.14 bits per heavy atom. The first-order valence-corrected chi connectivity index (χ1v) is 7.19. The summed E-state index contributed by atoms with van der Waals surface area (Å²) in [5.74, 6) is 0. The van der Waals surface area contributed by atoms with Crippen LogP contribution in [0, 0.1) is 6.92 Å². The quantitative estimate of drug-likeness (QED) is 0.730. The average Bonchev–Trinajstić information content (AvgIpc) is 2.27. The second-order valence-corrected chi connectivity index (χ2v) is 7.22. The minimum atomic E-state index is -3.87. The van der Waals surface area contributed by atoms with Gasteiger partial charge in [0.05, 0.1) is 0 Å². The lowest BCUT2D eigenvalue weighted by molar-refractivity contribution is 0.598. The van der Waals surface area contributed by atoms with E-state index >= 15 is 0 Å². The lowest BCUT2D eigenvalue weighted by atomic mass is 10.4. The van der Waals surface area contributed by atoms with Gasteiger partial charge in [0.15, 0.2) is 0 Å². The van der Waals surface area contributed by atoms with E-state index in [4.69, 9.17) is 10.3 Å². The van der Waals surface area contributed by atoms with E-state index in [-0.39, 0.29) is 14.0 Å². The molecular weight excluding hydrogens is 248 g/mol. The van der Waals surface area contributed by atoms with Gasteiger partial charge in [-0.25, -0.2) is 27.1 Å². The minimum absolute atomic E-state index is 0.179. The first-order chi connectivity index (χ1) is 6.12. The SMILES string of the molecule is Cc1cc(S(N)(=O)=O)sc1S(N)(=O)=O. The first-order valence-electron chi connectivity index (χ1n) is 3.28. The molecule has 0 aliphatic heterocycles. The molecule has 1 aromatic rings. The van der Waals surface area contributed by atoms with E-state index in [1.807, 2.05) is 0 Å². The molecule has 0 spiro atoms. The van der Waals surface area contributed by atoms with Crippen LogP contribution >= 0.6 is 11.3 Å². The standard InChI is InChI=1S/C5H8N2O4S3/c1-3-2-4(13(6,8)9)12-5(3)14(7,10)11/h2H,1H3,(H2,6,8,9)(H2,7,10,11). The van der Waals surface area contributed by atoms with Crippen molar-refractivity contribution in [1.82, 2.24) is 0 Å². The fraction of sp³-hybridized carbons (Fsp3) is 0.200. The van der Waals surface area contributed by atoms with Crippen molar-refractivity contribution in [1.29, 1.82) is 0 Å². The van der Waals surface area contributed by atoms with Crippen molar-refractivity contribution in [2.45, 2.75) is 15.3 Å². The number of sulfonamides is 2. The van der Waals surface area contributed by atoms with Crippen molar-refractivity contribution in [3.63, 3.8) is 0 Å². The van der Waals surface area contributed by atoms with E-state index < -0.39 is 20.0 Å². The van der Waals surface area contributed by atoms with Crippen molar-refractivity contribution in [2.24, 2.45) is 10.3 Å². The second kappa shape index (κ2) is 3.28. The van der Waals surface area contributed by atoms with Gasteiger partial charge in [-0.2, -0.15) is 0 Å². The zero-order valence-electron chi connectivity index (χ0n) is 7.09. The van der Waals surface area contributed by atoms with Crippen molar-refractivity contribution >= 4 is 31.4 Å². The van der Waals surface area contributed by atoms with Crippen LogP contribution in [0.1, 0.15) is 5.56 Å². The summed E-state index contributed by atoms with van der Waals surface area (Å²) in [5, 5.41) is 9.69. The average molecular weight is 256 g/mol. The van der Waals surface area contributed by atoms with Gasteiger partial charge >= 0.3 is 0 Å². The van der Waals surface area contributed by atoms with Crippen LogP contribution in [0.4, 0.5) is 0 Å². The van der Waals surface area contributed by atoms with Crippen molar-refractivity contribution < 1.29 is 16.8 Å². The van der Waals surface area contributed by atoms with E-state index in [2.05, 4.69) is 0 Å². The molecule has 0 saturated carbocycles. The molecular formula is C5H8N2O4S3. The Balaban J connectivity index is 3.49. The maximum Gasteiger partial charge on any atom is 0.247 e. The van der Waals surface area contributed by atoms with Gasteiger partial charge in [0.2, 0.25) is 20.0 Å². The summed E-state index contributed by atoms with van der Waals surface area (Å²) in [5.41, 5.74) is 0.279. The Bertz CT molecular complexity index is 554. The highest BCUT2D eigenvalue weighted by Gasteiger charge is 2.20. The van der Waals surface area contributed by atoms with E-state index in [0.717, 1.165) is 0 Å². The van der Waals surface area contributed by atoms with Gasteiger partial charge < -0.3 is 0 Å². The summed E-state index contributed by atoms with van der Waals surface area (Å²) in [6.07, 6.45) is 0. The first kappa shape index (κ1) is 11.6. The predicted molar refractivity (Wildman–Crippen MR) is 51.8 cm³/mol. The molecule has 0 aliphatic carbocycles. The molecule has 0 amide bonds. The molecule has 0 radical (unpaired) electrons.